The van der Waals surface area contributed by atoms with E-state index < -0.39 is 21.9 Å². The highest BCUT2D eigenvalue weighted by Gasteiger charge is 2.23. The van der Waals surface area contributed by atoms with Crippen LogP contribution in [-0.4, -0.2) is 43.2 Å². The lowest BCUT2D eigenvalue weighted by molar-refractivity contribution is 0.0600. The van der Waals surface area contributed by atoms with E-state index in [1.54, 1.807) is 36.6 Å². The standard InChI is InChI=1S/C27H25N3O5S2/c1-3-30(17-19-7-5-4-6-8-19)37(33,34)23-15-13-21(14-16-23)25(31)29-27-28-24(18-36-27)20-9-11-22(12-10-20)26(32)35-2/h4-16,18H,3,17H2,1-2H3,(H,28,29,31). The molecule has 3 aromatic carbocycles. The summed E-state index contributed by atoms with van der Waals surface area (Å²) in [5, 5.41) is 4.94. The molecule has 0 fully saturated rings. The average molecular weight is 536 g/mol. The number of ether oxygens (including phenoxy) is 1. The lowest BCUT2D eigenvalue weighted by Crippen LogP contribution is -2.30. The van der Waals surface area contributed by atoms with Gasteiger partial charge in [0.05, 0.1) is 23.3 Å². The first kappa shape index (κ1) is 26.2. The summed E-state index contributed by atoms with van der Waals surface area (Å²) < 4.78 is 32.4. The molecule has 1 N–H and O–H groups in total. The molecule has 10 heteroatoms. The minimum absolute atomic E-state index is 0.119. The molecular formula is C27H25N3O5S2. The van der Waals surface area contributed by atoms with Gasteiger partial charge in [-0.25, -0.2) is 18.2 Å². The fourth-order valence-electron chi connectivity index (χ4n) is 3.61. The average Bonchev–Trinajstić information content (AvgIpc) is 3.40. The second kappa shape index (κ2) is 11.5. The van der Waals surface area contributed by atoms with Crippen molar-refractivity contribution in [2.75, 3.05) is 19.0 Å². The molecule has 37 heavy (non-hydrogen) atoms. The van der Waals surface area contributed by atoms with Crippen molar-refractivity contribution in [3.63, 3.8) is 0 Å². The van der Waals surface area contributed by atoms with Crippen molar-refractivity contribution in [3.8, 4) is 11.3 Å². The Balaban J connectivity index is 1.43. The zero-order valence-corrected chi connectivity index (χ0v) is 21.9. The summed E-state index contributed by atoms with van der Waals surface area (Å²) in [5.74, 6) is -0.822. The Morgan fingerprint density at radius 3 is 2.22 bits per heavy atom. The molecule has 1 amide bonds. The second-order valence-electron chi connectivity index (χ2n) is 8.00. The molecular weight excluding hydrogens is 510 g/mol. The van der Waals surface area contributed by atoms with Crippen molar-refractivity contribution >= 4 is 38.4 Å². The van der Waals surface area contributed by atoms with Gasteiger partial charge in [-0.15, -0.1) is 11.3 Å². The van der Waals surface area contributed by atoms with Crippen molar-refractivity contribution in [1.29, 1.82) is 0 Å². The van der Waals surface area contributed by atoms with Crippen molar-refractivity contribution in [2.24, 2.45) is 0 Å². The number of amides is 1. The molecule has 0 aliphatic heterocycles. The maximum absolute atomic E-state index is 13.1. The Bertz CT molecular complexity index is 1480. The number of hydrogen-bond donors (Lipinski definition) is 1. The normalized spacial score (nSPS) is 11.3. The predicted octanol–water partition coefficient (Wildman–Crippen LogP) is 5.06. The molecule has 0 radical (unpaired) electrons. The van der Waals surface area contributed by atoms with Crippen LogP contribution in [0.2, 0.25) is 0 Å². The molecule has 4 aromatic rings. The van der Waals surface area contributed by atoms with Gasteiger partial charge in [0.1, 0.15) is 0 Å². The van der Waals surface area contributed by atoms with Gasteiger partial charge in [0.15, 0.2) is 5.13 Å². The zero-order valence-electron chi connectivity index (χ0n) is 20.2. The molecule has 0 saturated carbocycles. The number of carbonyl (C=O) groups is 2. The van der Waals surface area contributed by atoms with Crippen molar-refractivity contribution in [2.45, 2.75) is 18.4 Å². The number of sulfonamides is 1. The smallest absolute Gasteiger partial charge is 0.337 e. The van der Waals surface area contributed by atoms with Gasteiger partial charge in [-0.3, -0.25) is 10.1 Å². The van der Waals surface area contributed by atoms with Crippen LogP contribution in [0.1, 0.15) is 33.2 Å². The first-order valence-corrected chi connectivity index (χ1v) is 13.7. The van der Waals surface area contributed by atoms with E-state index in [-0.39, 0.29) is 11.4 Å². The maximum Gasteiger partial charge on any atom is 0.337 e. The number of methoxy groups -OCH3 is 1. The van der Waals surface area contributed by atoms with Gasteiger partial charge in [0.2, 0.25) is 10.0 Å². The summed E-state index contributed by atoms with van der Waals surface area (Å²) in [4.78, 5) is 28.9. The largest absolute Gasteiger partial charge is 0.465 e. The first-order chi connectivity index (χ1) is 17.8. The molecule has 0 spiro atoms. The Kier molecular flexibility index (Phi) is 8.12. The number of aromatic nitrogens is 1. The molecule has 0 atom stereocenters. The molecule has 0 saturated heterocycles. The van der Waals surface area contributed by atoms with Crippen LogP contribution in [0.25, 0.3) is 11.3 Å². The third kappa shape index (κ3) is 6.11. The number of nitrogens with zero attached hydrogens (tertiary/aromatic N) is 2. The summed E-state index contributed by atoms with van der Waals surface area (Å²) in [6.07, 6.45) is 0. The lowest BCUT2D eigenvalue weighted by Gasteiger charge is -2.20. The van der Waals surface area contributed by atoms with Crippen molar-refractivity contribution < 1.29 is 22.7 Å². The van der Waals surface area contributed by atoms with Crippen LogP contribution in [-0.2, 0) is 21.3 Å². The number of benzene rings is 3. The Hall–Kier alpha value is -3.86. The van der Waals surface area contributed by atoms with Crippen LogP contribution in [0.3, 0.4) is 0 Å². The Morgan fingerprint density at radius 2 is 1.59 bits per heavy atom. The van der Waals surface area contributed by atoms with Crippen LogP contribution in [0, 0.1) is 0 Å². The van der Waals surface area contributed by atoms with Gasteiger partial charge in [0, 0.05) is 29.6 Å². The summed E-state index contributed by atoms with van der Waals surface area (Å²) in [6, 6.07) is 22.0. The number of rotatable bonds is 9. The number of esters is 1. The van der Waals surface area contributed by atoms with Gasteiger partial charge in [-0.05, 0) is 42.0 Å². The first-order valence-electron chi connectivity index (χ1n) is 11.4. The molecule has 8 nitrogen and oxygen atoms in total. The molecule has 190 valence electrons. The van der Waals surface area contributed by atoms with Gasteiger partial charge in [-0.2, -0.15) is 4.31 Å². The van der Waals surface area contributed by atoms with Gasteiger partial charge < -0.3 is 4.74 Å². The van der Waals surface area contributed by atoms with E-state index in [0.717, 1.165) is 11.1 Å². The molecule has 0 unspecified atom stereocenters. The van der Waals surface area contributed by atoms with Gasteiger partial charge >= 0.3 is 5.97 Å². The maximum atomic E-state index is 13.1. The number of carbonyl (C=O) groups excluding carboxylic acids is 2. The predicted molar refractivity (Wildman–Crippen MR) is 143 cm³/mol. The Labute approximate surface area is 219 Å². The van der Waals surface area contributed by atoms with Gasteiger partial charge in [0.25, 0.3) is 5.91 Å². The van der Waals surface area contributed by atoms with E-state index in [0.29, 0.717) is 28.5 Å². The number of thiazole rings is 1. The quantitative estimate of drug-likeness (QED) is 0.300. The molecule has 4 rings (SSSR count). The third-order valence-corrected chi connectivity index (χ3v) is 8.33. The monoisotopic (exact) mass is 535 g/mol. The molecule has 1 aromatic heterocycles. The zero-order chi connectivity index (χ0) is 26.4. The molecule has 0 aliphatic carbocycles. The highest BCUT2D eigenvalue weighted by molar-refractivity contribution is 7.89. The van der Waals surface area contributed by atoms with Crippen LogP contribution in [0.15, 0.2) is 89.1 Å². The van der Waals surface area contributed by atoms with Crippen LogP contribution < -0.4 is 5.32 Å². The van der Waals surface area contributed by atoms with E-state index >= 15 is 0 Å². The molecule has 1 heterocycles. The van der Waals surface area contributed by atoms with Crippen LogP contribution in [0.4, 0.5) is 5.13 Å². The second-order valence-corrected chi connectivity index (χ2v) is 10.8. The van der Waals surface area contributed by atoms with E-state index in [4.69, 9.17) is 4.74 Å². The summed E-state index contributed by atoms with van der Waals surface area (Å²) in [6.45, 7) is 2.37. The number of anilines is 1. The van der Waals surface area contributed by atoms with Crippen molar-refractivity contribution in [1.82, 2.24) is 9.29 Å². The van der Waals surface area contributed by atoms with Crippen LogP contribution >= 0.6 is 11.3 Å². The van der Waals surface area contributed by atoms with E-state index in [1.807, 2.05) is 30.3 Å². The summed E-state index contributed by atoms with van der Waals surface area (Å²) >= 11 is 1.26. The summed E-state index contributed by atoms with van der Waals surface area (Å²) in [7, 11) is -2.40. The van der Waals surface area contributed by atoms with Crippen LogP contribution in [0.5, 0.6) is 0 Å². The van der Waals surface area contributed by atoms with E-state index in [9.17, 15) is 18.0 Å². The van der Waals surface area contributed by atoms with Crippen molar-refractivity contribution in [3.05, 3.63) is 101 Å². The van der Waals surface area contributed by atoms with Gasteiger partial charge in [-0.1, -0.05) is 49.4 Å². The van der Waals surface area contributed by atoms with E-state index in [1.165, 1.54) is 47.0 Å². The highest BCUT2D eigenvalue weighted by atomic mass is 32.2. The third-order valence-electron chi connectivity index (χ3n) is 5.64. The fourth-order valence-corrected chi connectivity index (χ4v) is 5.76. The molecule has 0 bridgehead atoms. The highest BCUT2D eigenvalue weighted by Crippen LogP contribution is 2.26. The minimum atomic E-state index is -3.73. The topological polar surface area (TPSA) is 106 Å². The number of nitrogens with one attached hydrogen (secondary N) is 1. The van der Waals surface area contributed by atoms with E-state index in [2.05, 4.69) is 10.3 Å². The SMILES string of the molecule is CCN(Cc1ccccc1)S(=O)(=O)c1ccc(C(=O)Nc2nc(-c3ccc(C(=O)OC)cc3)cs2)cc1. The lowest BCUT2D eigenvalue weighted by atomic mass is 10.1. The Morgan fingerprint density at radius 1 is 0.946 bits per heavy atom. The summed E-state index contributed by atoms with van der Waals surface area (Å²) in [5.41, 5.74) is 3.07. The minimum Gasteiger partial charge on any atom is -0.465 e. The molecule has 0 aliphatic rings. The number of hydrogen-bond acceptors (Lipinski definition) is 7. The fraction of sp³-hybridized carbons (Fsp3) is 0.148.